The number of hydrogen-bond donors (Lipinski definition) is 3. The van der Waals surface area contributed by atoms with Crippen LogP contribution in [0.3, 0.4) is 0 Å². The monoisotopic (exact) mass is 531 g/mol. The average molecular weight is 532 g/mol. The minimum absolute atomic E-state index is 0.115. The highest BCUT2D eigenvalue weighted by Gasteiger charge is 2.28. The van der Waals surface area contributed by atoms with Crippen LogP contribution in [-0.4, -0.2) is 58.9 Å². The summed E-state index contributed by atoms with van der Waals surface area (Å²) in [5, 5.41) is 10.7. The van der Waals surface area contributed by atoms with Gasteiger partial charge in [-0.2, -0.15) is 18.5 Å². The van der Waals surface area contributed by atoms with E-state index in [9.17, 15) is 12.8 Å². The Kier molecular flexibility index (Phi) is 6.49. The van der Waals surface area contributed by atoms with E-state index in [0.29, 0.717) is 35.3 Å². The van der Waals surface area contributed by atoms with Gasteiger partial charge < -0.3 is 10.1 Å². The number of benzene rings is 1. The van der Waals surface area contributed by atoms with Crippen molar-refractivity contribution in [2.75, 3.05) is 17.8 Å². The van der Waals surface area contributed by atoms with Crippen molar-refractivity contribution in [1.82, 2.24) is 30.5 Å². The largest absolute Gasteiger partial charge is 0.471 e. The molecular weight excluding hydrogens is 509 g/mol. The molecule has 5 rings (SSSR count). The molecule has 2 atom stereocenters. The molecule has 188 valence electrons. The van der Waals surface area contributed by atoms with E-state index in [1.807, 2.05) is 0 Å². The number of hydrogen-bond acceptors (Lipinski definition) is 8. The van der Waals surface area contributed by atoms with Gasteiger partial charge in [-0.3, -0.25) is 9.82 Å². The molecular formula is C23H23ClFN7O3S. The topological polar surface area (TPSA) is 135 Å². The van der Waals surface area contributed by atoms with Gasteiger partial charge in [-0.25, -0.2) is 14.4 Å². The van der Waals surface area contributed by atoms with Gasteiger partial charge in [0.1, 0.15) is 17.7 Å². The fourth-order valence-electron chi connectivity index (χ4n) is 3.91. The zero-order valence-corrected chi connectivity index (χ0v) is 21.0. The number of aryl methyl sites for hydroxylation is 2. The first-order valence-corrected chi connectivity index (χ1v) is 13.1. The summed E-state index contributed by atoms with van der Waals surface area (Å²) in [5.41, 5.74) is 2.50. The molecule has 0 radical (unpaired) electrons. The van der Waals surface area contributed by atoms with E-state index in [-0.39, 0.29) is 34.0 Å². The Morgan fingerprint density at radius 2 is 2.03 bits per heavy atom. The minimum atomic E-state index is -3.94. The van der Waals surface area contributed by atoms with Crippen LogP contribution in [0, 0.1) is 13.8 Å². The number of aromatic amines is 1. The number of ether oxygens (including phenoxy) is 1. The van der Waals surface area contributed by atoms with Crippen molar-refractivity contribution in [3.8, 4) is 17.3 Å². The quantitative estimate of drug-likeness (QED) is 0.344. The van der Waals surface area contributed by atoms with Crippen LogP contribution in [-0.2, 0) is 10.0 Å². The molecule has 1 aliphatic rings. The second kappa shape index (κ2) is 9.60. The second-order valence-corrected chi connectivity index (χ2v) is 10.6. The zero-order chi connectivity index (χ0) is 25.4. The van der Waals surface area contributed by atoms with Gasteiger partial charge in [0, 0.05) is 24.0 Å². The first-order valence-electron chi connectivity index (χ1n) is 11.2. The standard InChI is InChI=1S/C23H23ClFN7O3S/c1-12-5-8-27-19(9-12)36(33,34)32-17-4-3-14(10-15(17)24)21-28-22-20(13(2)30-31-22)23(29-21)35-18-6-7-26-11-16(18)25/h3-5,8-10,16,18,26,32H,6-7,11H2,1-2H3,(H,28,29,30,31)/t16-,18+/m0/s1. The molecule has 10 nitrogen and oxygen atoms in total. The third kappa shape index (κ3) is 4.84. The molecule has 3 aromatic heterocycles. The highest BCUT2D eigenvalue weighted by molar-refractivity contribution is 7.92. The summed E-state index contributed by atoms with van der Waals surface area (Å²) in [7, 11) is -3.94. The number of piperidine rings is 1. The van der Waals surface area contributed by atoms with Crippen molar-refractivity contribution in [3.05, 3.63) is 52.8 Å². The number of fused-ring (bicyclic) bond motifs is 1. The maximum absolute atomic E-state index is 14.4. The minimum Gasteiger partial charge on any atom is -0.471 e. The van der Waals surface area contributed by atoms with E-state index in [1.165, 1.54) is 24.4 Å². The highest BCUT2D eigenvalue weighted by Crippen LogP contribution is 2.33. The summed E-state index contributed by atoms with van der Waals surface area (Å²) in [6.07, 6.45) is 0.0918. The average Bonchev–Trinajstić information content (AvgIpc) is 3.22. The van der Waals surface area contributed by atoms with Crippen LogP contribution in [0.2, 0.25) is 5.02 Å². The number of alkyl halides is 1. The van der Waals surface area contributed by atoms with Crippen LogP contribution < -0.4 is 14.8 Å². The summed E-state index contributed by atoms with van der Waals surface area (Å²) in [5.74, 6) is 0.479. The molecule has 0 amide bonds. The number of aromatic nitrogens is 5. The predicted molar refractivity (Wildman–Crippen MR) is 133 cm³/mol. The van der Waals surface area contributed by atoms with Gasteiger partial charge in [-0.05, 0) is 62.7 Å². The third-order valence-corrected chi connectivity index (χ3v) is 7.39. The maximum Gasteiger partial charge on any atom is 0.279 e. The van der Waals surface area contributed by atoms with E-state index >= 15 is 0 Å². The van der Waals surface area contributed by atoms with Gasteiger partial charge in [0.2, 0.25) is 5.88 Å². The maximum atomic E-state index is 14.4. The summed E-state index contributed by atoms with van der Waals surface area (Å²) >= 11 is 6.43. The van der Waals surface area contributed by atoms with Crippen molar-refractivity contribution < 1.29 is 17.5 Å². The normalized spacial score (nSPS) is 18.3. The molecule has 1 aromatic carbocycles. The molecule has 1 fully saturated rings. The van der Waals surface area contributed by atoms with E-state index in [4.69, 9.17) is 16.3 Å². The molecule has 1 aliphatic heterocycles. The zero-order valence-electron chi connectivity index (χ0n) is 19.4. The Hall–Kier alpha value is -3.35. The van der Waals surface area contributed by atoms with Gasteiger partial charge in [-0.15, -0.1) is 0 Å². The molecule has 4 aromatic rings. The smallest absolute Gasteiger partial charge is 0.279 e. The van der Waals surface area contributed by atoms with Crippen LogP contribution in [0.15, 0.2) is 41.6 Å². The third-order valence-electron chi connectivity index (χ3n) is 5.81. The van der Waals surface area contributed by atoms with E-state index < -0.39 is 22.3 Å². The van der Waals surface area contributed by atoms with E-state index in [2.05, 4.69) is 35.2 Å². The first-order chi connectivity index (χ1) is 17.2. The van der Waals surface area contributed by atoms with E-state index in [0.717, 1.165) is 5.56 Å². The highest BCUT2D eigenvalue weighted by atomic mass is 35.5. The Balaban J connectivity index is 1.47. The number of rotatable bonds is 6. The fraction of sp³-hybridized carbons (Fsp3) is 0.304. The lowest BCUT2D eigenvalue weighted by atomic mass is 10.1. The second-order valence-electron chi connectivity index (χ2n) is 8.54. The summed E-state index contributed by atoms with van der Waals surface area (Å²) in [6.45, 7) is 4.43. The lowest BCUT2D eigenvalue weighted by Crippen LogP contribution is -2.44. The van der Waals surface area contributed by atoms with Crippen LogP contribution >= 0.6 is 11.6 Å². The predicted octanol–water partition coefficient (Wildman–Crippen LogP) is 3.56. The van der Waals surface area contributed by atoms with Crippen molar-refractivity contribution in [2.45, 2.75) is 37.6 Å². The molecule has 0 unspecified atom stereocenters. The van der Waals surface area contributed by atoms with Gasteiger partial charge in [-0.1, -0.05) is 11.6 Å². The molecule has 1 saturated heterocycles. The van der Waals surface area contributed by atoms with Crippen LogP contribution in [0.1, 0.15) is 17.7 Å². The molecule has 0 spiro atoms. The molecule has 3 N–H and O–H groups in total. The Labute approximate surface area is 211 Å². The van der Waals surface area contributed by atoms with Crippen molar-refractivity contribution in [3.63, 3.8) is 0 Å². The first kappa shape index (κ1) is 24.3. The number of nitrogens with one attached hydrogen (secondary N) is 3. The van der Waals surface area contributed by atoms with Crippen molar-refractivity contribution in [1.29, 1.82) is 0 Å². The molecule has 0 saturated carbocycles. The summed E-state index contributed by atoms with van der Waals surface area (Å²) in [4.78, 5) is 13.0. The number of sulfonamides is 1. The molecule has 4 heterocycles. The molecule has 36 heavy (non-hydrogen) atoms. The summed E-state index contributed by atoms with van der Waals surface area (Å²) in [6, 6.07) is 7.84. The van der Waals surface area contributed by atoms with Crippen LogP contribution in [0.5, 0.6) is 5.88 Å². The Bertz CT molecular complexity index is 1550. The van der Waals surface area contributed by atoms with Gasteiger partial charge in [0.25, 0.3) is 10.0 Å². The van der Waals surface area contributed by atoms with Crippen molar-refractivity contribution >= 4 is 38.3 Å². The molecule has 0 aliphatic carbocycles. The van der Waals surface area contributed by atoms with Gasteiger partial charge in [0.15, 0.2) is 16.5 Å². The van der Waals surface area contributed by atoms with Crippen molar-refractivity contribution in [2.24, 2.45) is 0 Å². The van der Waals surface area contributed by atoms with Gasteiger partial charge in [0.05, 0.1) is 10.7 Å². The Morgan fingerprint density at radius 1 is 1.19 bits per heavy atom. The van der Waals surface area contributed by atoms with Gasteiger partial charge >= 0.3 is 0 Å². The number of H-pyrrole nitrogens is 1. The summed E-state index contributed by atoms with van der Waals surface area (Å²) < 4.78 is 48.4. The molecule has 0 bridgehead atoms. The number of anilines is 1. The number of pyridine rings is 1. The molecule has 13 heteroatoms. The fourth-order valence-corrected chi connectivity index (χ4v) is 5.30. The number of nitrogens with zero attached hydrogens (tertiary/aromatic N) is 4. The van der Waals surface area contributed by atoms with Crippen LogP contribution in [0.4, 0.5) is 10.1 Å². The Morgan fingerprint density at radius 3 is 2.78 bits per heavy atom. The van der Waals surface area contributed by atoms with Crippen LogP contribution in [0.25, 0.3) is 22.4 Å². The van der Waals surface area contributed by atoms with E-state index in [1.54, 1.807) is 26.0 Å². The lowest BCUT2D eigenvalue weighted by Gasteiger charge is -2.27. The SMILES string of the molecule is Cc1ccnc(S(=O)(=O)Nc2ccc(-c3nc(O[C@@H]4CCNC[C@@H]4F)c4c(C)[nH]nc4n3)cc2Cl)c1. The number of halogens is 2. The lowest BCUT2D eigenvalue weighted by molar-refractivity contribution is 0.0707.